The van der Waals surface area contributed by atoms with Crippen LogP contribution < -0.4 is 4.74 Å². The van der Waals surface area contributed by atoms with Crippen molar-refractivity contribution in [3.05, 3.63) is 75.8 Å². The topological polar surface area (TPSA) is 95.7 Å². The summed E-state index contributed by atoms with van der Waals surface area (Å²) >= 11 is 0. The van der Waals surface area contributed by atoms with Crippen molar-refractivity contribution in [2.45, 2.75) is 13.0 Å². The molecule has 0 aliphatic carbocycles. The van der Waals surface area contributed by atoms with Gasteiger partial charge in [-0.3, -0.25) is 14.9 Å². The first-order valence-electron chi connectivity index (χ1n) is 7.72. The molecule has 134 valence electrons. The van der Waals surface area contributed by atoms with E-state index in [0.717, 1.165) is 6.08 Å². The molecule has 7 heteroatoms. The Labute approximate surface area is 150 Å². The molecule has 0 spiro atoms. The molecular weight excluding hydrogens is 338 g/mol. The van der Waals surface area contributed by atoms with Crippen molar-refractivity contribution < 1.29 is 24.0 Å². The van der Waals surface area contributed by atoms with Crippen molar-refractivity contribution in [2.24, 2.45) is 0 Å². The highest BCUT2D eigenvalue weighted by atomic mass is 16.6. The maximum Gasteiger partial charge on any atom is 0.331 e. The summed E-state index contributed by atoms with van der Waals surface area (Å²) in [6, 6.07) is 12.4. The molecule has 2 rings (SSSR count). The van der Waals surface area contributed by atoms with Gasteiger partial charge in [0.2, 0.25) is 5.78 Å². The van der Waals surface area contributed by atoms with Gasteiger partial charge in [0, 0.05) is 17.7 Å². The summed E-state index contributed by atoms with van der Waals surface area (Å²) in [4.78, 5) is 34.6. The van der Waals surface area contributed by atoms with Crippen LogP contribution in [0.2, 0.25) is 0 Å². The highest BCUT2D eigenvalue weighted by molar-refractivity contribution is 6.01. The SMILES string of the molecule is COc1ccc(C(=O)[C@H](C)OC(=O)/C=C/c2ccccc2[N+](=O)[O-])cc1. The van der Waals surface area contributed by atoms with E-state index >= 15 is 0 Å². The number of carbonyl (C=O) groups excluding carboxylic acids is 2. The second-order valence-corrected chi connectivity index (χ2v) is 5.32. The molecule has 0 heterocycles. The summed E-state index contributed by atoms with van der Waals surface area (Å²) in [5, 5.41) is 10.9. The van der Waals surface area contributed by atoms with Crippen molar-refractivity contribution in [1.29, 1.82) is 0 Å². The molecule has 26 heavy (non-hydrogen) atoms. The zero-order valence-corrected chi connectivity index (χ0v) is 14.2. The predicted octanol–water partition coefficient (Wildman–Crippen LogP) is 3.43. The van der Waals surface area contributed by atoms with Gasteiger partial charge >= 0.3 is 5.97 Å². The fourth-order valence-corrected chi connectivity index (χ4v) is 2.21. The van der Waals surface area contributed by atoms with Crippen molar-refractivity contribution in [2.75, 3.05) is 7.11 Å². The highest BCUT2D eigenvalue weighted by Gasteiger charge is 2.19. The Kier molecular flexibility index (Phi) is 6.21. The number of ketones is 1. The molecule has 0 saturated heterocycles. The largest absolute Gasteiger partial charge is 0.497 e. The van der Waals surface area contributed by atoms with Gasteiger partial charge < -0.3 is 9.47 Å². The molecule has 0 N–H and O–H groups in total. The highest BCUT2D eigenvalue weighted by Crippen LogP contribution is 2.19. The van der Waals surface area contributed by atoms with Gasteiger partial charge in [-0.15, -0.1) is 0 Å². The van der Waals surface area contributed by atoms with Crippen LogP contribution in [0.5, 0.6) is 5.75 Å². The van der Waals surface area contributed by atoms with Crippen LogP contribution in [0.1, 0.15) is 22.8 Å². The van der Waals surface area contributed by atoms with Crippen LogP contribution in [0.4, 0.5) is 5.69 Å². The summed E-state index contributed by atoms with van der Waals surface area (Å²) in [5.74, 6) is -0.517. The van der Waals surface area contributed by atoms with Crippen LogP contribution in [-0.2, 0) is 9.53 Å². The Hall–Kier alpha value is -3.48. The number of hydrogen-bond acceptors (Lipinski definition) is 6. The molecule has 0 amide bonds. The van der Waals surface area contributed by atoms with Crippen LogP contribution in [-0.4, -0.2) is 29.9 Å². The summed E-state index contributed by atoms with van der Waals surface area (Å²) in [5.41, 5.74) is 0.524. The molecule has 7 nitrogen and oxygen atoms in total. The Morgan fingerprint density at radius 1 is 1.12 bits per heavy atom. The molecule has 0 unspecified atom stereocenters. The first kappa shape index (κ1) is 18.9. The number of para-hydroxylation sites is 1. The first-order chi connectivity index (χ1) is 12.4. The van der Waals surface area contributed by atoms with Crippen molar-refractivity contribution in [3.63, 3.8) is 0 Å². The van der Waals surface area contributed by atoms with Crippen LogP contribution >= 0.6 is 0 Å². The van der Waals surface area contributed by atoms with Gasteiger partial charge in [-0.2, -0.15) is 0 Å². The van der Waals surface area contributed by atoms with Crippen molar-refractivity contribution in [1.82, 2.24) is 0 Å². The van der Waals surface area contributed by atoms with Crippen LogP contribution in [0.3, 0.4) is 0 Å². The lowest BCUT2D eigenvalue weighted by Crippen LogP contribution is -2.23. The first-order valence-corrected chi connectivity index (χ1v) is 7.72. The summed E-state index contributed by atoms with van der Waals surface area (Å²) in [6.07, 6.45) is 1.34. The third-order valence-corrected chi connectivity index (χ3v) is 3.57. The number of Topliss-reactive ketones (excluding diaryl/α,β-unsaturated/α-hetero) is 1. The third-order valence-electron chi connectivity index (χ3n) is 3.57. The average molecular weight is 355 g/mol. The van der Waals surface area contributed by atoms with Gasteiger partial charge in [0.15, 0.2) is 6.10 Å². The minimum Gasteiger partial charge on any atom is -0.497 e. The standard InChI is InChI=1S/C19H17NO6/c1-13(19(22)15-7-10-16(25-2)11-8-15)26-18(21)12-9-14-5-3-4-6-17(14)20(23)24/h3-13H,1-2H3/b12-9+/t13-/m0/s1. The number of ether oxygens (including phenoxy) is 2. The number of esters is 1. The quantitative estimate of drug-likeness (QED) is 0.248. The van der Waals surface area contributed by atoms with Crippen molar-refractivity contribution >= 4 is 23.5 Å². The number of nitro groups is 1. The van der Waals surface area contributed by atoms with Gasteiger partial charge in [0.25, 0.3) is 5.69 Å². The lowest BCUT2D eigenvalue weighted by Gasteiger charge is -2.11. The predicted molar refractivity (Wildman–Crippen MR) is 95.0 cm³/mol. The summed E-state index contributed by atoms with van der Waals surface area (Å²) < 4.78 is 10.1. The number of benzene rings is 2. The summed E-state index contributed by atoms with van der Waals surface area (Å²) in [6.45, 7) is 1.46. The Balaban J connectivity index is 2.02. The number of carbonyl (C=O) groups is 2. The maximum absolute atomic E-state index is 12.3. The fraction of sp³-hybridized carbons (Fsp3) is 0.158. The molecular formula is C19H17NO6. The number of rotatable bonds is 7. The van der Waals surface area contributed by atoms with Gasteiger partial charge in [-0.1, -0.05) is 12.1 Å². The number of nitrogens with zero attached hydrogens (tertiary/aromatic N) is 1. The minimum absolute atomic E-state index is 0.126. The average Bonchev–Trinajstić information content (AvgIpc) is 2.66. The molecule has 2 aromatic rings. The zero-order chi connectivity index (χ0) is 19.1. The van der Waals surface area contributed by atoms with Crippen LogP contribution in [0, 0.1) is 10.1 Å². The maximum atomic E-state index is 12.3. The molecule has 1 atom stereocenters. The van der Waals surface area contributed by atoms with Gasteiger partial charge in [-0.25, -0.2) is 4.79 Å². The Bertz CT molecular complexity index is 841. The lowest BCUT2D eigenvalue weighted by atomic mass is 10.1. The van der Waals surface area contributed by atoms with Gasteiger partial charge in [0.05, 0.1) is 17.6 Å². The van der Waals surface area contributed by atoms with E-state index in [0.29, 0.717) is 11.3 Å². The number of nitro benzene ring substituents is 1. The van der Waals surface area contributed by atoms with E-state index in [-0.39, 0.29) is 17.0 Å². The molecule has 0 saturated carbocycles. The normalized spacial score (nSPS) is 11.8. The molecule has 0 aliphatic rings. The monoisotopic (exact) mass is 355 g/mol. The van der Waals surface area contributed by atoms with E-state index < -0.39 is 17.0 Å². The molecule has 0 bridgehead atoms. The molecule has 0 aromatic heterocycles. The zero-order valence-electron chi connectivity index (χ0n) is 14.2. The molecule has 2 aromatic carbocycles. The van der Waals surface area contributed by atoms with E-state index in [9.17, 15) is 19.7 Å². The lowest BCUT2D eigenvalue weighted by molar-refractivity contribution is -0.385. The number of hydrogen-bond donors (Lipinski definition) is 0. The summed E-state index contributed by atoms with van der Waals surface area (Å²) in [7, 11) is 1.52. The molecule has 0 fully saturated rings. The van der Waals surface area contributed by atoms with E-state index in [1.165, 1.54) is 38.3 Å². The smallest absolute Gasteiger partial charge is 0.331 e. The Morgan fingerprint density at radius 2 is 1.77 bits per heavy atom. The molecule has 0 aliphatic heterocycles. The van der Waals surface area contributed by atoms with E-state index in [4.69, 9.17) is 9.47 Å². The minimum atomic E-state index is -0.994. The van der Waals surface area contributed by atoms with E-state index in [1.807, 2.05) is 0 Å². The second kappa shape index (κ2) is 8.57. The Morgan fingerprint density at radius 3 is 2.38 bits per heavy atom. The van der Waals surface area contributed by atoms with E-state index in [1.54, 1.807) is 30.3 Å². The van der Waals surface area contributed by atoms with Gasteiger partial charge in [0.1, 0.15) is 5.75 Å². The number of methoxy groups -OCH3 is 1. The third kappa shape index (κ3) is 4.76. The van der Waals surface area contributed by atoms with E-state index in [2.05, 4.69) is 0 Å². The second-order valence-electron chi connectivity index (χ2n) is 5.32. The van der Waals surface area contributed by atoms with Gasteiger partial charge in [-0.05, 0) is 43.3 Å². The van der Waals surface area contributed by atoms with Crippen molar-refractivity contribution in [3.8, 4) is 5.75 Å². The van der Waals surface area contributed by atoms with Crippen LogP contribution in [0.15, 0.2) is 54.6 Å². The van der Waals surface area contributed by atoms with Crippen LogP contribution in [0.25, 0.3) is 6.08 Å². The molecule has 0 radical (unpaired) electrons. The fourth-order valence-electron chi connectivity index (χ4n) is 2.21.